The van der Waals surface area contributed by atoms with Gasteiger partial charge in [0.1, 0.15) is 11.6 Å². The number of nitrogens with one attached hydrogen (secondary N) is 1. The van der Waals surface area contributed by atoms with E-state index in [1.807, 2.05) is 36.1 Å². The summed E-state index contributed by atoms with van der Waals surface area (Å²) in [6.07, 6.45) is 2.47. The second-order valence-electron chi connectivity index (χ2n) is 6.41. The van der Waals surface area contributed by atoms with Gasteiger partial charge in [0.15, 0.2) is 5.58 Å². The van der Waals surface area contributed by atoms with Crippen molar-refractivity contribution in [1.82, 2.24) is 10.3 Å². The van der Waals surface area contributed by atoms with Crippen LogP contribution in [0.1, 0.15) is 32.6 Å². The lowest BCUT2D eigenvalue weighted by Crippen LogP contribution is -2.46. The predicted molar refractivity (Wildman–Crippen MR) is 93.4 cm³/mol. The van der Waals surface area contributed by atoms with E-state index in [9.17, 15) is 9.59 Å². The normalized spacial score (nSPS) is 16.8. The van der Waals surface area contributed by atoms with Crippen LogP contribution in [0.2, 0.25) is 0 Å². The molecule has 2 aromatic rings. The monoisotopic (exact) mass is 345 g/mol. The van der Waals surface area contributed by atoms with Crippen molar-refractivity contribution < 1.29 is 19.1 Å². The number of aromatic nitrogens is 1. The minimum Gasteiger partial charge on any atom is -0.480 e. The first-order valence-corrected chi connectivity index (χ1v) is 8.72. The molecule has 0 spiro atoms. The highest BCUT2D eigenvalue weighted by atomic mass is 16.4. The Balaban J connectivity index is 1.57. The van der Waals surface area contributed by atoms with Crippen molar-refractivity contribution in [3.63, 3.8) is 0 Å². The van der Waals surface area contributed by atoms with Gasteiger partial charge in [0.25, 0.3) is 6.01 Å². The topological polar surface area (TPSA) is 95.7 Å². The van der Waals surface area contributed by atoms with E-state index in [0.717, 1.165) is 11.1 Å². The van der Waals surface area contributed by atoms with Crippen LogP contribution in [-0.2, 0) is 9.59 Å². The van der Waals surface area contributed by atoms with Gasteiger partial charge in [-0.1, -0.05) is 25.5 Å². The number of rotatable bonds is 6. The number of carbonyl (C=O) groups excluding carboxylic acids is 1. The molecule has 3 rings (SSSR count). The Morgan fingerprint density at radius 3 is 2.72 bits per heavy atom. The third-order valence-electron chi connectivity index (χ3n) is 4.61. The summed E-state index contributed by atoms with van der Waals surface area (Å²) in [6, 6.07) is 7.39. The highest BCUT2D eigenvalue weighted by Crippen LogP contribution is 2.26. The quantitative estimate of drug-likeness (QED) is 0.835. The number of nitrogens with zero attached hydrogens (tertiary/aromatic N) is 2. The van der Waals surface area contributed by atoms with Crippen molar-refractivity contribution in [2.45, 2.75) is 38.6 Å². The predicted octanol–water partition coefficient (Wildman–Crippen LogP) is 2.41. The average molecular weight is 345 g/mol. The number of anilines is 1. The summed E-state index contributed by atoms with van der Waals surface area (Å²) in [4.78, 5) is 30.0. The number of aliphatic carboxylic acids is 1. The highest BCUT2D eigenvalue weighted by Gasteiger charge is 2.29. The zero-order chi connectivity index (χ0) is 17.8. The molecule has 1 fully saturated rings. The molecule has 2 heterocycles. The molecular weight excluding hydrogens is 322 g/mol. The van der Waals surface area contributed by atoms with Gasteiger partial charge in [-0.05, 0) is 31.4 Å². The van der Waals surface area contributed by atoms with Crippen molar-refractivity contribution >= 4 is 29.0 Å². The summed E-state index contributed by atoms with van der Waals surface area (Å²) >= 11 is 0. The van der Waals surface area contributed by atoms with Gasteiger partial charge in [0, 0.05) is 19.0 Å². The molecule has 1 amide bonds. The van der Waals surface area contributed by atoms with E-state index in [2.05, 4.69) is 10.3 Å². The summed E-state index contributed by atoms with van der Waals surface area (Å²) < 4.78 is 5.77. The van der Waals surface area contributed by atoms with Crippen molar-refractivity contribution in [2.24, 2.45) is 5.92 Å². The second kappa shape index (κ2) is 7.55. The Hall–Kier alpha value is -2.57. The van der Waals surface area contributed by atoms with Crippen LogP contribution in [0.25, 0.3) is 11.1 Å². The van der Waals surface area contributed by atoms with Crippen LogP contribution < -0.4 is 10.2 Å². The molecule has 1 aromatic carbocycles. The molecule has 134 valence electrons. The number of oxazole rings is 1. The maximum absolute atomic E-state index is 12.3. The first-order valence-electron chi connectivity index (χ1n) is 8.72. The van der Waals surface area contributed by atoms with Gasteiger partial charge in [-0.3, -0.25) is 4.79 Å². The van der Waals surface area contributed by atoms with Crippen LogP contribution in [0.15, 0.2) is 28.7 Å². The number of carboxylic acid groups (broad SMARTS) is 1. The molecule has 0 saturated carbocycles. The number of fused-ring (bicyclic) bond motifs is 1. The Morgan fingerprint density at radius 1 is 1.36 bits per heavy atom. The van der Waals surface area contributed by atoms with Crippen LogP contribution in [0.4, 0.5) is 6.01 Å². The van der Waals surface area contributed by atoms with Crippen LogP contribution in [0, 0.1) is 5.92 Å². The molecule has 1 atom stereocenters. The van der Waals surface area contributed by atoms with Crippen molar-refractivity contribution in [1.29, 1.82) is 0 Å². The number of carboxylic acids is 1. The number of para-hydroxylation sites is 2. The van der Waals surface area contributed by atoms with Crippen LogP contribution in [0.3, 0.4) is 0 Å². The lowest BCUT2D eigenvalue weighted by Gasteiger charge is -2.30. The van der Waals surface area contributed by atoms with Gasteiger partial charge >= 0.3 is 5.97 Å². The van der Waals surface area contributed by atoms with Gasteiger partial charge in [0.2, 0.25) is 5.91 Å². The maximum Gasteiger partial charge on any atom is 0.326 e. The Bertz CT molecular complexity index is 717. The second-order valence-corrected chi connectivity index (χ2v) is 6.41. The largest absolute Gasteiger partial charge is 0.480 e. The molecule has 7 heteroatoms. The lowest BCUT2D eigenvalue weighted by atomic mass is 9.95. The highest BCUT2D eigenvalue weighted by molar-refractivity contribution is 5.85. The fourth-order valence-corrected chi connectivity index (χ4v) is 3.16. The summed E-state index contributed by atoms with van der Waals surface area (Å²) in [5.74, 6) is -1.31. The van der Waals surface area contributed by atoms with Gasteiger partial charge < -0.3 is 19.7 Å². The maximum atomic E-state index is 12.3. The van der Waals surface area contributed by atoms with E-state index in [4.69, 9.17) is 9.52 Å². The molecule has 1 aliphatic rings. The van der Waals surface area contributed by atoms with Crippen LogP contribution in [-0.4, -0.2) is 41.1 Å². The van der Waals surface area contributed by atoms with E-state index in [1.54, 1.807) is 0 Å². The lowest BCUT2D eigenvalue weighted by molar-refractivity contribution is -0.142. The van der Waals surface area contributed by atoms with Crippen LogP contribution >= 0.6 is 0 Å². The summed E-state index contributed by atoms with van der Waals surface area (Å²) in [7, 11) is 0. The molecule has 1 saturated heterocycles. The fourth-order valence-electron chi connectivity index (χ4n) is 3.16. The van der Waals surface area contributed by atoms with E-state index >= 15 is 0 Å². The van der Waals surface area contributed by atoms with Crippen molar-refractivity contribution in [3.05, 3.63) is 24.3 Å². The molecule has 7 nitrogen and oxygen atoms in total. The SMILES string of the molecule is CCCC(NC(=O)C1CCN(c2nc3ccccc3o2)CC1)C(=O)O. The van der Waals surface area contributed by atoms with Gasteiger partial charge in [-0.25, -0.2) is 4.79 Å². The molecule has 0 aliphatic carbocycles. The summed E-state index contributed by atoms with van der Waals surface area (Å²) in [5, 5.41) is 11.8. The smallest absolute Gasteiger partial charge is 0.326 e. The molecule has 25 heavy (non-hydrogen) atoms. The Morgan fingerprint density at radius 2 is 2.08 bits per heavy atom. The summed E-state index contributed by atoms with van der Waals surface area (Å²) in [6.45, 7) is 3.23. The standard InChI is InChI=1S/C18H23N3O4/c1-2-5-14(17(23)24)19-16(22)12-8-10-21(11-9-12)18-20-13-6-3-4-7-15(13)25-18/h3-4,6-7,12,14H,2,5,8-11H2,1H3,(H,19,22)(H,23,24). The Kier molecular flexibility index (Phi) is 5.21. The first-order chi connectivity index (χ1) is 12.1. The number of hydrogen-bond donors (Lipinski definition) is 2. The Labute approximate surface area is 146 Å². The van der Waals surface area contributed by atoms with Gasteiger partial charge in [0.05, 0.1) is 0 Å². The number of piperidine rings is 1. The van der Waals surface area contributed by atoms with Crippen LogP contribution in [0.5, 0.6) is 0 Å². The molecular formula is C18H23N3O4. The number of hydrogen-bond acceptors (Lipinski definition) is 5. The van der Waals surface area contributed by atoms with E-state index in [1.165, 1.54) is 0 Å². The molecule has 2 N–H and O–H groups in total. The minimum atomic E-state index is -0.973. The van der Waals surface area contributed by atoms with Crippen molar-refractivity contribution in [2.75, 3.05) is 18.0 Å². The average Bonchev–Trinajstić information content (AvgIpc) is 3.05. The third kappa shape index (κ3) is 3.92. The zero-order valence-electron chi connectivity index (χ0n) is 14.3. The number of amides is 1. The fraction of sp³-hybridized carbons (Fsp3) is 0.500. The summed E-state index contributed by atoms with van der Waals surface area (Å²) in [5.41, 5.74) is 1.57. The molecule has 0 bridgehead atoms. The zero-order valence-corrected chi connectivity index (χ0v) is 14.3. The van der Waals surface area contributed by atoms with E-state index in [-0.39, 0.29) is 11.8 Å². The molecule has 1 aromatic heterocycles. The van der Waals surface area contributed by atoms with Crippen molar-refractivity contribution in [3.8, 4) is 0 Å². The van der Waals surface area contributed by atoms with E-state index < -0.39 is 12.0 Å². The number of benzene rings is 1. The third-order valence-corrected chi connectivity index (χ3v) is 4.61. The first kappa shape index (κ1) is 17.3. The van der Waals surface area contributed by atoms with Gasteiger partial charge in [-0.2, -0.15) is 4.98 Å². The number of carbonyl (C=O) groups is 2. The molecule has 0 radical (unpaired) electrons. The van der Waals surface area contributed by atoms with Gasteiger partial charge in [-0.15, -0.1) is 0 Å². The molecule has 1 unspecified atom stereocenters. The minimum absolute atomic E-state index is 0.167. The van der Waals surface area contributed by atoms with E-state index in [0.29, 0.717) is 44.8 Å². The molecule has 1 aliphatic heterocycles.